The molecule has 0 spiro atoms. The Bertz CT molecular complexity index is 165. The summed E-state index contributed by atoms with van der Waals surface area (Å²) in [5.41, 5.74) is 1.08. The summed E-state index contributed by atoms with van der Waals surface area (Å²) in [7, 11) is 4.06. The molecule has 1 rings (SSSR count). The molecule has 3 heteroatoms. The van der Waals surface area contributed by atoms with Gasteiger partial charge in [0.05, 0.1) is 0 Å². The fourth-order valence-corrected chi connectivity index (χ4v) is 0.871. The smallest absolute Gasteiger partial charge is 0.000355 e. The van der Waals surface area contributed by atoms with E-state index in [0.29, 0.717) is 0 Å². The molecular formula is C8H12N2Y-2. The van der Waals surface area contributed by atoms with E-state index in [1.807, 2.05) is 14.1 Å². The van der Waals surface area contributed by atoms with Crippen LogP contribution in [0, 0.1) is 12.7 Å². The van der Waals surface area contributed by atoms with Gasteiger partial charge in [0, 0.05) is 46.8 Å². The van der Waals surface area contributed by atoms with Crippen molar-refractivity contribution in [1.82, 2.24) is 10.0 Å². The summed E-state index contributed by atoms with van der Waals surface area (Å²) < 4.78 is 0. The van der Waals surface area contributed by atoms with Crippen LogP contribution in [0.15, 0.2) is 11.6 Å². The summed E-state index contributed by atoms with van der Waals surface area (Å²) in [6.07, 6.45) is 4.78. The van der Waals surface area contributed by atoms with Crippen LogP contribution in [0.1, 0.15) is 0 Å². The summed E-state index contributed by atoms with van der Waals surface area (Å²) in [6, 6.07) is 0. The Labute approximate surface area is 93.8 Å². The molecule has 0 bridgehead atoms. The van der Waals surface area contributed by atoms with Gasteiger partial charge in [-0.1, -0.05) is 13.1 Å². The maximum atomic E-state index is 5.34. The Hall–Kier alpha value is 0.504. The number of hydrogen-bond donors (Lipinski definition) is 0. The number of hydrazine groups is 1. The second-order valence-electron chi connectivity index (χ2n) is 2.50. The topological polar surface area (TPSA) is 6.48 Å². The van der Waals surface area contributed by atoms with E-state index in [1.54, 1.807) is 6.08 Å². The Kier molecular flexibility index (Phi) is 5.44. The van der Waals surface area contributed by atoms with Crippen molar-refractivity contribution in [3.05, 3.63) is 24.3 Å². The van der Waals surface area contributed by atoms with E-state index in [2.05, 4.69) is 16.1 Å². The van der Waals surface area contributed by atoms with Crippen molar-refractivity contribution in [1.29, 1.82) is 0 Å². The molecule has 0 atom stereocenters. The van der Waals surface area contributed by atoms with Gasteiger partial charge in [0.2, 0.25) is 0 Å². The second-order valence-corrected chi connectivity index (χ2v) is 2.50. The summed E-state index contributed by atoms with van der Waals surface area (Å²) in [5.74, 6) is 0. The molecule has 11 heavy (non-hydrogen) atoms. The first-order valence-electron chi connectivity index (χ1n) is 3.31. The van der Waals surface area contributed by atoms with Crippen LogP contribution in [0.2, 0.25) is 0 Å². The molecule has 0 aliphatic carbocycles. The fourth-order valence-electron chi connectivity index (χ4n) is 0.871. The third-order valence-electron chi connectivity index (χ3n) is 1.72. The SMILES string of the molecule is [CH-]=CC1=[C-]CN(C)N(C)C1.[Y]. The Morgan fingerprint density at radius 3 is 2.55 bits per heavy atom. The minimum atomic E-state index is 0. The number of rotatable bonds is 1. The summed E-state index contributed by atoms with van der Waals surface area (Å²) in [5, 5.41) is 4.20. The van der Waals surface area contributed by atoms with E-state index in [0.717, 1.165) is 18.7 Å². The number of likely N-dealkylation sites (N-methyl/N-ethyl adjacent to an activating group) is 2. The molecule has 0 saturated heterocycles. The van der Waals surface area contributed by atoms with Gasteiger partial charge < -0.3 is 24.3 Å². The molecule has 0 amide bonds. The van der Waals surface area contributed by atoms with E-state index >= 15 is 0 Å². The van der Waals surface area contributed by atoms with E-state index in [4.69, 9.17) is 6.58 Å². The maximum absolute atomic E-state index is 5.34. The average molecular weight is 225 g/mol. The molecule has 1 heterocycles. The molecule has 0 saturated carbocycles. The molecule has 0 unspecified atom stereocenters. The van der Waals surface area contributed by atoms with Gasteiger partial charge in [-0.2, -0.15) is 0 Å². The Morgan fingerprint density at radius 1 is 1.45 bits per heavy atom. The molecule has 1 aliphatic rings. The van der Waals surface area contributed by atoms with Gasteiger partial charge in [-0.25, -0.2) is 0 Å². The van der Waals surface area contributed by atoms with Gasteiger partial charge in [0.1, 0.15) is 0 Å². The monoisotopic (exact) mass is 225 g/mol. The molecule has 1 aliphatic heterocycles. The van der Waals surface area contributed by atoms with Crippen LogP contribution in [0.25, 0.3) is 0 Å². The van der Waals surface area contributed by atoms with E-state index < -0.39 is 0 Å². The number of hydrogen-bond acceptors (Lipinski definition) is 2. The normalized spacial score (nSPS) is 20.4. The molecule has 0 aromatic carbocycles. The van der Waals surface area contributed by atoms with Crippen LogP contribution in [-0.2, 0) is 32.7 Å². The Balaban J connectivity index is 0.000001000. The minimum absolute atomic E-state index is 0. The summed E-state index contributed by atoms with van der Waals surface area (Å²) >= 11 is 0. The van der Waals surface area contributed by atoms with Gasteiger partial charge in [0.25, 0.3) is 0 Å². The van der Waals surface area contributed by atoms with Crippen LogP contribution in [-0.4, -0.2) is 37.2 Å². The molecule has 0 aromatic heterocycles. The zero-order valence-corrected chi connectivity index (χ0v) is 9.88. The summed E-state index contributed by atoms with van der Waals surface area (Å²) in [6.45, 7) is 7.04. The van der Waals surface area contributed by atoms with Crippen LogP contribution in [0.3, 0.4) is 0 Å². The van der Waals surface area contributed by atoms with Gasteiger partial charge in [-0.05, 0) is 0 Å². The first kappa shape index (κ1) is 11.5. The summed E-state index contributed by atoms with van der Waals surface area (Å²) in [4.78, 5) is 0. The van der Waals surface area contributed by atoms with Crippen LogP contribution in [0.4, 0.5) is 0 Å². The first-order valence-corrected chi connectivity index (χ1v) is 3.31. The Morgan fingerprint density at radius 2 is 2.09 bits per heavy atom. The molecule has 59 valence electrons. The van der Waals surface area contributed by atoms with Crippen molar-refractivity contribution in [2.45, 2.75) is 0 Å². The molecule has 0 N–H and O–H groups in total. The predicted molar refractivity (Wildman–Crippen MR) is 40.9 cm³/mol. The molecule has 0 fully saturated rings. The molecule has 0 aromatic rings. The van der Waals surface area contributed by atoms with E-state index in [1.165, 1.54) is 0 Å². The fraction of sp³-hybridized carbons (Fsp3) is 0.500. The largest absolute Gasteiger partial charge is 0.394 e. The third kappa shape index (κ3) is 3.16. The quantitative estimate of drug-likeness (QED) is 0.599. The maximum Gasteiger partial charge on any atom is 0.000355 e. The van der Waals surface area contributed by atoms with Gasteiger partial charge >= 0.3 is 0 Å². The van der Waals surface area contributed by atoms with Crippen molar-refractivity contribution in [2.24, 2.45) is 0 Å². The van der Waals surface area contributed by atoms with Gasteiger partial charge in [0.15, 0.2) is 0 Å². The average Bonchev–Trinajstić information content (AvgIpc) is 1.95. The standard InChI is InChI=1S/C8H12N2.Y/c1-4-8-5-6-9(2)10(3)7-8;/h1,4H,6-7H2,2-3H3;/q-2;. The van der Waals surface area contributed by atoms with Crippen LogP contribution in [0.5, 0.6) is 0 Å². The first-order chi connectivity index (χ1) is 4.74. The molecule has 1 radical (unpaired) electrons. The molecule has 2 nitrogen and oxygen atoms in total. The van der Waals surface area contributed by atoms with Crippen molar-refractivity contribution in [3.63, 3.8) is 0 Å². The van der Waals surface area contributed by atoms with Crippen LogP contribution >= 0.6 is 0 Å². The van der Waals surface area contributed by atoms with Gasteiger partial charge in [-0.3, -0.25) is 10.0 Å². The van der Waals surface area contributed by atoms with Crippen molar-refractivity contribution >= 4 is 0 Å². The third-order valence-corrected chi connectivity index (χ3v) is 1.72. The second kappa shape index (κ2) is 5.20. The molecular weight excluding hydrogens is 213 g/mol. The predicted octanol–water partition coefficient (Wildman–Crippen LogP) is 0.495. The van der Waals surface area contributed by atoms with Crippen molar-refractivity contribution in [3.8, 4) is 0 Å². The van der Waals surface area contributed by atoms with Crippen LogP contribution < -0.4 is 0 Å². The van der Waals surface area contributed by atoms with E-state index in [9.17, 15) is 0 Å². The van der Waals surface area contributed by atoms with E-state index in [-0.39, 0.29) is 32.7 Å². The zero-order chi connectivity index (χ0) is 7.56. The number of nitrogens with zero attached hydrogens (tertiary/aromatic N) is 2. The zero-order valence-electron chi connectivity index (χ0n) is 7.04. The van der Waals surface area contributed by atoms with Crippen molar-refractivity contribution in [2.75, 3.05) is 27.2 Å². The van der Waals surface area contributed by atoms with Gasteiger partial charge in [-0.15, -0.1) is 0 Å². The minimum Gasteiger partial charge on any atom is -0.394 e. The van der Waals surface area contributed by atoms with Crippen molar-refractivity contribution < 1.29 is 32.7 Å².